The topological polar surface area (TPSA) is 56.5 Å². The number of ether oxygens (including phenoxy) is 2. The fourth-order valence-electron chi connectivity index (χ4n) is 2.33. The predicted octanol–water partition coefficient (Wildman–Crippen LogP) is 3.29. The predicted molar refractivity (Wildman–Crippen MR) is 86.8 cm³/mol. The molecule has 2 aromatic carbocycles. The molecule has 0 unspecified atom stereocenters. The molecule has 0 bridgehead atoms. The molecule has 0 atom stereocenters. The van der Waals surface area contributed by atoms with Crippen molar-refractivity contribution < 1.29 is 9.47 Å². The van der Waals surface area contributed by atoms with Gasteiger partial charge in [0.1, 0.15) is 13.2 Å². The van der Waals surface area contributed by atoms with Gasteiger partial charge in [-0.25, -0.2) is 0 Å². The summed E-state index contributed by atoms with van der Waals surface area (Å²) in [6.45, 7) is 2.40. The molecule has 3 rings (SSSR count). The van der Waals surface area contributed by atoms with Crippen molar-refractivity contribution >= 4 is 21.6 Å². The Kier molecular flexibility index (Phi) is 4.31. The molecule has 3 N–H and O–H groups in total. The van der Waals surface area contributed by atoms with Crippen LogP contribution in [0.1, 0.15) is 11.1 Å². The minimum atomic E-state index is 0.522. The van der Waals surface area contributed by atoms with Crippen molar-refractivity contribution in [3.63, 3.8) is 0 Å². The summed E-state index contributed by atoms with van der Waals surface area (Å²) in [7, 11) is 0. The fourth-order valence-corrected chi connectivity index (χ4v) is 2.94. The molecule has 0 aromatic heterocycles. The summed E-state index contributed by atoms with van der Waals surface area (Å²) in [6, 6.07) is 12.1. The molecule has 0 radical (unpaired) electrons. The first kappa shape index (κ1) is 14.2. The quantitative estimate of drug-likeness (QED) is 0.889. The fraction of sp³-hybridized carbons (Fsp3) is 0.250. The first-order chi connectivity index (χ1) is 10.3. The second-order valence-corrected chi connectivity index (χ2v) is 5.67. The molecule has 0 spiro atoms. The van der Waals surface area contributed by atoms with Crippen LogP contribution in [0.5, 0.6) is 11.5 Å². The zero-order chi connectivity index (χ0) is 14.7. The lowest BCUT2D eigenvalue weighted by molar-refractivity contribution is 0.170. The Morgan fingerprint density at radius 1 is 1.14 bits per heavy atom. The minimum Gasteiger partial charge on any atom is -0.486 e. The first-order valence-corrected chi connectivity index (χ1v) is 7.67. The van der Waals surface area contributed by atoms with Crippen molar-refractivity contribution in [2.24, 2.45) is 5.73 Å². The van der Waals surface area contributed by atoms with Gasteiger partial charge in [0.15, 0.2) is 11.5 Å². The summed E-state index contributed by atoms with van der Waals surface area (Å²) >= 11 is 3.53. The van der Waals surface area contributed by atoms with E-state index in [1.54, 1.807) is 0 Å². The highest BCUT2D eigenvalue weighted by atomic mass is 79.9. The van der Waals surface area contributed by atoms with Gasteiger partial charge >= 0.3 is 0 Å². The lowest BCUT2D eigenvalue weighted by atomic mass is 10.1. The van der Waals surface area contributed by atoms with Crippen molar-refractivity contribution in [3.05, 3.63) is 52.0 Å². The van der Waals surface area contributed by atoms with E-state index in [-0.39, 0.29) is 0 Å². The smallest absolute Gasteiger partial charge is 0.175 e. The molecule has 1 aliphatic rings. The van der Waals surface area contributed by atoms with Crippen LogP contribution in [0, 0.1) is 0 Å². The molecule has 1 aliphatic heterocycles. The summed E-state index contributed by atoms with van der Waals surface area (Å²) in [5, 5.41) is 3.42. The highest BCUT2D eigenvalue weighted by Gasteiger charge is 2.16. The van der Waals surface area contributed by atoms with Gasteiger partial charge in [-0.15, -0.1) is 0 Å². The monoisotopic (exact) mass is 348 g/mol. The van der Waals surface area contributed by atoms with E-state index in [9.17, 15) is 0 Å². The van der Waals surface area contributed by atoms with Crippen LogP contribution in [0.15, 0.2) is 40.9 Å². The van der Waals surface area contributed by atoms with Crippen LogP contribution < -0.4 is 20.5 Å². The Balaban J connectivity index is 1.78. The number of halogens is 1. The zero-order valence-corrected chi connectivity index (χ0v) is 13.2. The van der Waals surface area contributed by atoms with Gasteiger partial charge in [-0.1, -0.05) is 18.2 Å². The van der Waals surface area contributed by atoms with E-state index >= 15 is 0 Å². The van der Waals surface area contributed by atoms with E-state index in [1.165, 1.54) is 0 Å². The van der Waals surface area contributed by atoms with Gasteiger partial charge < -0.3 is 20.5 Å². The van der Waals surface area contributed by atoms with Crippen LogP contribution in [0.2, 0.25) is 0 Å². The third kappa shape index (κ3) is 3.14. The van der Waals surface area contributed by atoms with Gasteiger partial charge in [0.2, 0.25) is 0 Å². The first-order valence-electron chi connectivity index (χ1n) is 6.88. The van der Waals surface area contributed by atoms with E-state index in [0.717, 1.165) is 32.8 Å². The largest absolute Gasteiger partial charge is 0.486 e. The average molecular weight is 349 g/mol. The van der Waals surface area contributed by atoms with Crippen molar-refractivity contribution in [2.45, 2.75) is 13.1 Å². The van der Waals surface area contributed by atoms with Crippen molar-refractivity contribution in [2.75, 3.05) is 18.5 Å². The summed E-state index contributed by atoms with van der Waals surface area (Å²) in [4.78, 5) is 0. The number of benzene rings is 2. The highest BCUT2D eigenvalue weighted by molar-refractivity contribution is 9.10. The Hall–Kier alpha value is -1.72. The van der Waals surface area contributed by atoms with Crippen LogP contribution in [0.4, 0.5) is 5.69 Å². The van der Waals surface area contributed by atoms with Crippen LogP contribution in [-0.4, -0.2) is 13.2 Å². The van der Waals surface area contributed by atoms with Gasteiger partial charge in [0.05, 0.1) is 4.47 Å². The van der Waals surface area contributed by atoms with E-state index in [0.29, 0.717) is 26.3 Å². The number of hydrogen-bond donors (Lipinski definition) is 2. The second kappa shape index (κ2) is 6.37. The Labute approximate surface area is 132 Å². The van der Waals surface area contributed by atoms with Crippen molar-refractivity contribution in [1.82, 2.24) is 0 Å². The van der Waals surface area contributed by atoms with Crippen LogP contribution in [0.3, 0.4) is 0 Å². The molecular weight excluding hydrogens is 332 g/mol. The molecule has 110 valence electrons. The maximum absolute atomic E-state index is 5.75. The SMILES string of the molecule is NCc1ccccc1NCc1cc(Br)c2c(c1)OCCO2. The molecule has 21 heavy (non-hydrogen) atoms. The molecule has 0 saturated carbocycles. The standard InChI is InChI=1S/C16H17BrN2O2/c17-13-7-11(8-15-16(13)21-6-5-20-15)10-19-14-4-2-1-3-12(14)9-18/h1-4,7-8,19H,5-6,9-10,18H2. The van der Waals surface area contributed by atoms with Gasteiger partial charge in [-0.3, -0.25) is 0 Å². The number of hydrogen-bond acceptors (Lipinski definition) is 4. The molecule has 4 nitrogen and oxygen atoms in total. The molecule has 0 aliphatic carbocycles. The van der Waals surface area contributed by atoms with Crippen LogP contribution in [0.25, 0.3) is 0 Å². The lowest BCUT2D eigenvalue weighted by Crippen LogP contribution is -2.16. The summed E-state index contributed by atoms with van der Waals surface area (Å²) in [5.74, 6) is 1.58. The number of anilines is 1. The molecule has 2 aromatic rings. The minimum absolute atomic E-state index is 0.522. The molecular formula is C16H17BrN2O2. The lowest BCUT2D eigenvalue weighted by Gasteiger charge is -2.20. The van der Waals surface area contributed by atoms with Crippen LogP contribution in [-0.2, 0) is 13.1 Å². The van der Waals surface area contributed by atoms with Crippen molar-refractivity contribution in [3.8, 4) is 11.5 Å². The van der Waals surface area contributed by atoms with Gasteiger partial charge in [-0.05, 0) is 45.3 Å². The summed E-state index contributed by atoms with van der Waals surface area (Å²) < 4.78 is 12.2. The van der Waals surface area contributed by atoms with Gasteiger partial charge in [0, 0.05) is 18.8 Å². The third-order valence-corrected chi connectivity index (χ3v) is 3.97. The van der Waals surface area contributed by atoms with E-state index in [1.807, 2.05) is 36.4 Å². The van der Waals surface area contributed by atoms with Gasteiger partial charge in [-0.2, -0.15) is 0 Å². The molecule has 5 heteroatoms. The number of nitrogens with one attached hydrogen (secondary N) is 1. The van der Waals surface area contributed by atoms with E-state index in [4.69, 9.17) is 15.2 Å². The maximum Gasteiger partial charge on any atom is 0.175 e. The molecule has 0 saturated heterocycles. The Morgan fingerprint density at radius 2 is 1.95 bits per heavy atom. The third-order valence-electron chi connectivity index (χ3n) is 3.38. The normalized spacial score (nSPS) is 13.0. The average Bonchev–Trinajstić information content (AvgIpc) is 2.53. The summed E-state index contributed by atoms with van der Waals surface area (Å²) in [5.41, 5.74) is 9.04. The second-order valence-electron chi connectivity index (χ2n) is 4.82. The number of rotatable bonds is 4. The summed E-state index contributed by atoms with van der Waals surface area (Å²) in [6.07, 6.45) is 0. The van der Waals surface area contributed by atoms with E-state index in [2.05, 4.69) is 21.2 Å². The molecule has 1 heterocycles. The number of para-hydroxylation sites is 1. The van der Waals surface area contributed by atoms with E-state index < -0.39 is 0 Å². The van der Waals surface area contributed by atoms with Crippen molar-refractivity contribution in [1.29, 1.82) is 0 Å². The Bertz CT molecular complexity index is 646. The van der Waals surface area contributed by atoms with Gasteiger partial charge in [0.25, 0.3) is 0 Å². The van der Waals surface area contributed by atoms with Crippen LogP contribution >= 0.6 is 15.9 Å². The zero-order valence-electron chi connectivity index (χ0n) is 11.6. The maximum atomic E-state index is 5.75. The number of fused-ring (bicyclic) bond motifs is 1. The number of nitrogens with two attached hydrogens (primary N) is 1. The Morgan fingerprint density at radius 3 is 2.81 bits per heavy atom. The molecule has 0 fully saturated rings. The molecule has 0 amide bonds. The highest BCUT2D eigenvalue weighted by Crippen LogP contribution is 2.38.